The summed E-state index contributed by atoms with van der Waals surface area (Å²) in [6.45, 7) is 0. The van der Waals surface area contributed by atoms with Crippen LogP contribution in [-0.2, 0) is 9.53 Å². The van der Waals surface area contributed by atoms with Crippen LogP contribution in [0.15, 0.2) is 24.3 Å². The number of hydrogen-bond donors (Lipinski definition) is 1. The maximum Gasteiger partial charge on any atom is 0.337 e. The molecule has 1 aromatic carbocycles. The lowest BCUT2D eigenvalue weighted by Crippen LogP contribution is -2.14. The Morgan fingerprint density at radius 3 is 2.62 bits per heavy atom. The molecule has 0 aliphatic heterocycles. The molecule has 0 bridgehead atoms. The van der Waals surface area contributed by atoms with Gasteiger partial charge in [-0.2, -0.15) is 0 Å². The van der Waals surface area contributed by atoms with Crippen LogP contribution in [0, 0.1) is 5.82 Å². The zero-order chi connectivity index (χ0) is 9.84. The van der Waals surface area contributed by atoms with Crippen molar-refractivity contribution in [1.29, 1.82) is 0 Å². The summed E-state index contributed by atoms with van der Waals surface area (Å²) < 4.78 is 17.7. The van der Waals surface area contributed by atoms with E-state index in [2.05, 4.69) is 4.74 Å². The molecule has 3 nitrogen and oxygen atoms in total. The number of carbonyl (C=O) groups is 1. The van der Waals surface area contributed by atoms with Gasteiger partial charge in [0.2, 0.25) is 0 Å². The molecule has 0 radical (unpaired) electrons. The number of halogens is 1. The first-order valence-corrected chi connectivity index (χ1v) is 3.67. The molecule has 4 heteroatoms. The van der Waals surface area contributed by atoms with Gasteiger partial charge in [-0.15, -0.1) is 0 Å². The largest absolute Gasteiger partial charge is 0.479 e. The molecule has 1 atom stereocenters. The number of hydrogen-bond acceptors (Lipinski definition) is 2. The number of methoxy groups -OCH3 is 1. The van der Waals surface area contributed by atoms with Gasteiger partial charge in [-0.05, 0) is 6.07 Å². The van der Waals surface area contributed by atoms with Crippen LogP contribution in [0.4, 0.5) is 4.39 Å². The van der Waals surface area contributed by atoms with Gasteiger partial charge in [-0.25, -0.2) is 9.18 Å². The Labute approximate surface area is 74.8 Å². The SMILES string of the molecule is CO[C@@H](C(=O)O)c1ccccc1F. The second kappa shape index (κ2) is 4.00. The van der Waals surface area contributed by atoms with E-state index in [1.165, 1.54) is 25.3 Å². The van der Waals surface area contributed by atoms with E-state index in [9.17, 15) is 9.18 Å². The van der Waals surface area contributed by atoms with E-state index in [-0.39, 0.29) is 5.56 Å². The van der Waals surface area contributed by atoms with Gasteiger partial charge in [0.25, 0.3) is 0 Å². The lowest BCUT2D eigenvalue weighted by atomic mass is 10.1. The molecule has 0 saturated heterocycles. The summed E-state index contributed by atoms with van der Waals surface area (Å²) in [5.41, 5.74) is 0.0394. The topological polar surface area (TPSA) is 46.5 Å². The van der Waals surface area contributed by atoms with Crippen LogP contribution in [-0.4, -0.2) is 18.2 Å². The van der Waals surface area contributed by atoms with Gasteiger partial charge in [0.05, 0.1) is 0 Å². The standard InChI is InChI=1S/C9H9FO3/c1-13-8(9(11)12)6-4-2-3-5-7(6)10/h2-5,8H,1H3,(H,11,12)/t8-/m1/s1. The van der Waals surface area contributed by atoms with Gasteiger partial charge in [0.15, 0.2) is 6.10 Å². The van der Waals surface area contributed by atoms with Crippen LogP contribution in [0.2, 0.25) is 0 Å². The maximum atomic E-state index is 13.0. The Morgan fingerprint density at radius 1 is 1.54 bits per heavy atom. The number of ether oxygens (including phenoxy) is 1. The Morgan fingerprint density at radius 2 is 2.15 bits per heavy atom. The zero-order valence-electron chi connectivity index (χ0n) is 7.03. The van der Waals surface area contributed by atoms with E-state index in [1.807, 2.05) is 0 Å². The third kappa shape index (κ3) is 2.03. The fraction of sp³-hybridized carbons (Fsp3) is 0.222. The molecule has 1 N–H and O–H groups in total. The van der Waals surface area contributed by atoms with Crippen LogP contribution >= 0.6 is 0 Å². The van der Waals surface area contributed by atoms with Crippen molar-refractivity contribution in [3.05, 3.63) is 35.6 Å². The van der Waals surface area contributed by atoms with Crippen molar-refractivity contribution < 1.29 is 19.0 Å². The third-order valence-electron chi connectivity index (χ3n) is 1.65. The van der Waals surface area contributed by atoms with Crippen LogP contribution in [0.1, 0.15) is 11.7 Å². The van der Waals surface area contributed by atoms with Gasteiger partial charge in [-0.3, -0.25) is 0 Å². The van der Waals surface area contributed by atoms with E-state index in [1.54, 1.807) is 6.07 Å². The quantitative estimate of drug-likeness (QED) is 0.776. The van der Waals surface area contributed by atoms with E-state index >= 15 is 0 Å². The summed E-state index contributed by atoms with van der Waals surface area (Å²) in [5, 5.41) is 8.66. The minimum atomic E-state index is -1.24. The van der Waals surface area contributed by atoms with Gasteiger partial charge >= 0.3 is 5.97 Å². The highest BCUT2D eigenvalue weighted by molar-refractivity contribution is 5.74. The normalized spacial score (nSPS) is 12.5. The predicted molar refractivity (Wildman–Crippen MR) is 43.8 cm³/mol. The van der Waals surface area contributed by atoms with Crippen molar-refractivity contribution in [3.63, 3.8) is 0 Å². The molecule has 0 aliphatic carbocycles. The van der Waals surface area contributed by atoms with Crippen molar-refractivity contribution in [1.82, 2.24) is 0 Å². The molecule has 13 heavy (non-hydrogen) atoms. The molecule has 0 spiro atoms. The third-order valence-corrected chi connectivity index (χ3v) is 1.65. The zero-order valence-corrected chi connectivity index (χ0v) is 7.03. The monoisotopic (exact) mass is 184 g/mol. The molecule has 0 saturated carbocycles. The van der Waals surface area contributed by atoms with Crippen molar-refractivity contribution >= 4 is 5.97 Å². The van der Waals surface area contributed by atoms with E-state index < -0.39 is 17.9 Å². The molecular weight excluding hydrogens is 175 g/mol. The van der Waals surface area contributed by atoms with Crippen LogP contribution in [0.3, 0.4) is 0 Å². The van der Waals surface area contributed by atoms with Crippen LogP contribution in [0.25, 0.3) is 0 Å². The Hall–Kier alpha value is -1.42. The first kappa shape index (κ1) is 9.67. The number of benzene rings is 1. The molecule has 0 aliphatic rings. The Balaban J connectivity index is 3.04. The van der Waals surface area contributed by atoms with E-state index in [4.69, 9.17) is 5.11 Å². The minimum absolute atomic E-state index is 0.0394. The molecular formula is C9H9FO3. The second-order valence-electron chi connectivity index (χ2n) is 2.48. The fourth-order valence-electron chi connectivity index (χ4n) is 1.05. The highest BCUT2D eigenvalue weighted by atomic mass is 19.1. The molecule has 1 rings (SSSR count). The predicted octanol–water partition coefficient (Wildman–Crippen LogP) is 1.60. The molecule has 0 heterocycles. The van der Waals surface area contributed by atoms with E-state index in [0.29, 0.717) is 0 Å². The average molecular weight is 184 g/mol. The smallest absolute Gasteiger partial charge is 0.337 e. The molecule has 70 valence electrons. The van der Waals surface area contributed by atoms with E-state index in [0.717, 1.165) is 0 Å². The lowest BCUT2D eigenvalue weighted by Gasteiger charge is -2.10. The maximum absolute atomic E-state index is 13.0. The van der Waals surface area contributed by atoms with Gasteiger partial charge in [0.1, 0.15) is 5.82 Å². The Bertz CT molecular complexity index is 311. The number of carboxylic acid groups (broad SMARTS) is 1. The van der Waals surface area contributed by atoms with Crippen molar-refractivity contribution in [2.24, 2.45) is 0 Å². The minimum Gasteiger partial charge on any atom is -0.479 e. The van der Waals surface area contributed by atoms with Gasteiger partial charge in [0, 0.05) is 12.7 Å². The molecule has 0 fully saturated rings. The van der Waals surface area contributed by atoms with Crippen molar-refractivity contribution in [3.8, 4) is 0 Å². The first-order chi connectivity index (χ1) is 6.16. The lowest BCUT2D eigenvalue weighted by molar-refractivity contribution is -0.149. The molecule has 0 unspecified atom stereocenters. The van der Waals surface area contributed by atoms with Crippen LogP contribution in [0.5, 0.6) is 0 Å². The van der Waals surface area contributed by atoms with Crippen LogP contribution < -0.4 is 0 Å². The number of aliphatic carboxylic acids is 1. The summed E-state index contributed by atoms with van der Waals surface area (Å²) in [5.74, 6) is -1.77. The highest BCUT2D eigenvalue weighted by Crippen LogP contribution is 2.19. The number of rotatable bonds is 3. The molecule has 0 aromatic heterocycles. The first-order valence-electron chi connectivity index (χ1n) is 3.67. The second-order valence-corrected chi connectivity index (χ2v) is 2.48. The van der Waals surface area contributed by atoms with Crippen molar-refractivity contribution in [2.75, 3.05) is 7.11 Å². The molecule has 1 aromatic rings. The van der Waals surface area contributed by atoms with Gasteiger partial charge < -0.3 is 9.84 Å². The summed E-state index contributed by atoms with van der Waals surface area (Å²) in [6.07, 6.45) is -1.24. The Kier molecular flexibility index (Phi) is 2.97. The fourth-order valence-corrected chi connectivity index (χ4v) is 1.05. The number of carboxylic acids is 1. The summed E-state index contributed by atoms with van der Waals surface area (Å²) in [6, 6.07) is 5.64. The summed E-state index contributed by atoms with van der Waals surface area (Å²) in [7, 11) is 1.23. The molecule has 0 amide bonds. The van der Waals surface area contributed by atoms with Gasteiger partial charge in [-0.1, -0.05) is 18.2 Å². The van der Waals surface area contributed by atoms with Crippen molar-refractivity contribution in [2.45, 2.75) is 6.10 Å². The highest BCUT2D eigenvalue weighted by Gasteiger charge is 2.21. The summed E-state index contributed by atoms with van der Waals surface area (Å²) >= 11 is 0. The summed E-state index contributed by atoms with van der Waals surface area (Å²) in [4.78, 5) is 10.6. The average Bonchev–Trinajstić information content (AvgIpc) is 2.09.